The van der Waals surface area contributed by atoms with Crippen molar-refractivity contribution in [2.75, 3.05) is 6.61 Å². The molecule has 0 aliphatic carbocycles. The highest BCUT2D eigenvalue weighted by Crippen LogP contribution is 2.12. The lowest BCUT2D eigenvalue weighted by Crippen LogP contribution is -2.08. The fourth-order valence-corrected chi connectivity index (χ4v) is 2.76. The first kappa shape index (κ1) is 20.6. The first-order chi connectivity index (χ1) is 11.8. The molecule has 0 amide bonds. The van der Waals surface area contributed by atoms with Crippen LogP contribution in [0.3, 0.4) is 0 Å². The molecule has 0 aliphatic heterocycles. The smallest absolute Gasteiger partial charge is 0.358 e. The number of hydrogen-bond acceptors (Lipinski definition) is 4. The van der Waals surface area contributed by atoms with Gasteiger partial charge in [0.15, 0.2) is 5.69 Å². The molecule has 0 bridgehead atoms. The summed E-state index contributed by atoms with van der Waals surface area (Å²) in [5.41, 5.74) is 0.284. The summed E-state index contributed by atoms with van der Waals surface area (Å²) in [5.74, 6) is -0.373. The predicted molar refractivity (Wildman–Crippen MR) is 98.0 cm³/mol. The minimum atomic E-state index is -0.373. The third-order valence-corrected chi connectivity index (χ3v) is 4.25. The van der Waals surface area contributed by atoms with E-state index >= 15 is 0 Å². The number of rotatable bonds is 15. The molecule has 0 N–H and O–H groups in total. The highest BCUT2D eigenvalue weighted by Gasteiger charge is 2.07. The standard InChI is InChI=1S/C20H34N2O2/c1-2-3-4-5-6-7-8-9-10-11-12-13-14-17-24-20(23)19-18-21-15-16-22-19/h15-16,18H,2-14,17H2,1H3. The first-order valence-corrected chi connectivity index (χ1v) is 9.77. The van der Waals surface area contributed by atoms with E-state index in [1.54, 1.807) is 6.20 Å². The molecule has 0 spiro atoms. The van der Waals surface area contributed by atoms with Crippen LogP contribution in [0.25, 0.3) is 0 Å². The maximum absolute atomic E-state index is 11.6. The Bertz CT molecular complexity index is 409. The normalized spacial score (nSPS) is 10.7. The zero-order valence-electron chi connectivity index (χ0n) is 15.3. The molecule has 1 heterocycles. The van der Waals surface area contributed by atoms with Crippen LogP contribution in [0.2, 0.25) is 0 Å². The highest BCUT2D eigenvalue weighted by atomic mass is 16.5. The number of esters is 1. The van der Waals surface area contributed by atoms with Crippen molar-refractivity contribution in [1.82, 2.24) is 9.97 Å². The average molecular weight is 335 g/mol. The molecule has 0 unspecified atom stereocenters. The summed E-state index contributed by atoms with van der Waals surface area (Å²) in [6.07, 6.45) is 21.6. The second kappa shape index (κ2) is 15.1. The molecule has 0 aliphatic rings. The Morgan fingerprint density at radius 1 is 0.833 bits per heavy atom. The number of carbonyl (C=O) groups excluding carboxylic acids is 1. The highest BCUT2D eigenvalue weighted by molar-refractivity contribution is 5.86. The predicted octanol–water partition coefficient (Wildman–Crippen LogP) is 5.72. The van der Waals surface area contributed by atoms with Crippen LogP contribution in [0.5, 0.6) is 0 Å². The summed E-state index contributed by atoms with van der Waals surface area (Å²) >= 11 is 0. The Morgan fingerprint density at radius 3 is 1.88 bits per heavy atom. The van der Waals surface area contributed by atoms with E-state index in [0.29, 0.717) is 6.61 Å². The molecule has 0 fully saturated rings. The van der Waals surface area contributed by atoms with Gasteiger partial charge in [-0.25, -0.2) is 9.78 Å². The minimum absolute atomic E-state index is 0.284. The monoisotopic (exact) mass is 334 g/mol. The van der Waals surface area contributed by atoms with Crippen molar-refractivity contribution in [1.29, 1.82) is 0 Å². The van der Waals surface area contributed by atoms with E-state index in [1.165, 1.54) is 83.0 Å². The van der Waals surface area contributed by atoms with Gasteiger partial charge in [0.2, 0.25) is 0 Å². The summed E-state index contributed by atoms with van der Waals surface area (Å²) < 4.78 is 5.19. The lowest BCUT2D eigenvalue weighted by molar-refractivity contribution is 0.0490. The zero-order chi connectivity index (χ0) is 17.3. The van der Waals surface area contributed by atoms with E-state index in [4.69, 9.17) is 4.74 Å². The summed E-state index contributed by atoms with van der Waals surface area (Å²) in [5, 5.41) is 0. The van der Waals surface area contributed by atoms with Gasteiger partial charge in [-0.05, 0) is 6.42 Å². The van der Waals surface area contributed by atoms with Gasteiger partial charge in [0, 0.05) is 12.4 Å². The second-order valence-corrected chi connectivity index (χ2v) is 6.47. The van der Waals surface area contributed by atoms with E-state index in [9.17, 15) is 4.79 Å². The molecule has 24 heavy (non-hydrogen) atoms. The molecule has 0 atom stereocenters. The Morgan fingerprint density at radius 2 is 1.38 bits per heavy atom. The van der Waals surface area contributed by atoms with Gasteiger partial charge in [0.25, 0.3) is 0 Å². The summed E-state index contributed by atoms with van der Waals surface area (Å²) in [4.78, 5) is 19.4. The number of carbonyl (C=O) groups is 1. The van der Waals surface area contributed by atoms with Crippen molar-refractivity contribution in [2.24, 2.45) is 0 Å². The molecule has 136 valence electrons. The zero-order valence-corrected chi connectivity index (χ0v) is 15.3. The van der Waals surface area contributed by atoms with Crippen LogP contribution in [0.1, 0.15) is 101 Å². The third kappa shape index (κ3) is 11.1. The molecule has 1 aromatic rings. The van der Waals surface area contributed by atoms with Crippen molar-refractivity contribution >= 4 is 5.97 Å². The van der Waals surface area contributed by atoms with E-state index < -0.39 is 0 Å². The van der Waals surface area contributed by atoms with E-state index in [2.05, 4.69) is 16.9 Å². The van der Waals surface area contributed by atoms with Gasteiger partial charge >= 0.3 is 5.97 Å². The topological polar surface area (TPSA) is 52.1 Å². The summed E-state index contributed by atoms with van der Waals surface area (Å²) in [6.45, 7) is 2.75. The van der Waals surface area contributed by atoms with Gasteiger partial charge in [-0.2, -0.15) is 0 Å². The second-order valence-electron chi connectivity index (χ2n) is 6.47. The van der Waals surface area contributed by atoms with Crippen LogP contribution in [0.4, 0.5) is 0 Å². The molecular weight excluding hydrogens is 300 g/mol. The third-order valence-electron chi connectivity index (χ3n) is 4.25. The van der Waals surface area contributed by atoms with Crippen LogP contribution in [-0.4, -0.2) is 22.5 Å². The summed E-state index contributed by atoms with van der Waals surface area (Å²) in [6, 6.07) is 0. The van der Waals surface area contributed by atoms with Crippen LogP contribution in [0.15, 0.2) is 18.6 Å². The van der Waals surface area contributed by atoms with Crippen molar-refractivity contribution in [2.45, 2.75) is 90.4 Å². The maximum atomic E-state index is 11.6. The minimum Gasteiger partial charge on any atom is -0.461 e. The molecular formula is C20H34N2O2. The number of unbranched alkanes of at least 4 members (excludes halogenated alkanes) is 12. The lowest BCUT2D eigenvalue weighted by Gasteiger charge is -2.04. The SMILES string of the molecule is CCCCCCCCCCCCCCCOC(=O)c1cnccn1. The number of aromatic nitrogens is 2. The molecule has 1 rings (SSSR count). The molecule has 0 aromatic carbocycles. The molecule has 4 nitrogen and oxygen atoms in total. The van der Waals surface area contributed by atoms with Gasteiger partial charge in [-0.3, -0.25) is 4.98 Å². The Labute approximate surface area is 147 Å². The fraction of sp³-hybridized carbons (Fsp3) is 0.750. The van der Waals surface area contributed by atoms with Gasteiger partial charge < -0.3 is 4.74 Å². The van der Waals surface area contributed by atoms with Crippen LogP contribution < -0.4 is 0 Å². The molecule has 1 aromatic heterocycles. The van der Waals surface area contributed by atoms with Gasteiger partial charge in [-0.15, -0.1) is 0 Å². The van der Waals surface area contributed by atoms with Crippen LogP contribution in [-0.2, 0) is 4.74 Å². The Hall–Kier alpha value is -1.45. The van der Waals surface area contributed by atoms with Crippen molar-refractivity contribution in [3.63, 3.8) is 0 Å². The fourth-order valence-electron chi connectivity index (χ4n) is 2.76. The van der Waals surface area contributed by atoms with Gasteiger partial charge in [-0.1, -0.05) is 84.0 Å². The van der Waals surface area contributed by atoms with E-state index in [1.807, 2.05) is 0 Å². The van der Waals surface area contributed by atoms with Crippen molar-refractivity contribution in [3.8, 4) is 0 Å². The molecule has 0 saturated heterocycles. The van der Waals surface area contributed by atoms with E-state index in [-0.39, 0.29) is 11.7 Å². The summed E-state index contributed by atoms with van der Waals surface area (Å²) in [7, 11) is 0. The van der Waals surface area contributed by atoms with Crippen molar-refractivity contribution in [3.05, 3.63) is 24.3 Å². The molecule has 0 radical (unpaired) electrons. The largest absolute Gasteiger partial charge is 0.461 e. The van der Waals surface area contributed by atoms with Crippen molar-refractivity contribution < 1.29 is 9.53 Å². The van der Waals surface area contributed by atoms with E-state index in [0.717, 1.165) is 12.8 Å². The van der Waals surface area contributed by atoms with Gasteiger partial charge in [0.05, 0.1) is 12.8 Å². The average Bonchev–Trinajstić information content (AvgIpc) is 2.62. The lowest BCUT2D eigenvalue weighted by atomic mass is 10.0. The molecule has 0 saturated carbocycles. The number of hydrogen-bond donors (Lipinski definition) is 0. The first-order valence-electron chi connectivity index (χ1n) is 9.77. The number of nitrogens with zero attached hydrogens (tertiary/aromatic N) is 2. The molecule has 4 heteroatoms. The van der Waals surface area contributed by atoms with Crippen LogP contribution >= 0.6 is 0 Å². The Balaban J connectivity index is 1.80. The quantitative estimate of drug-likeness (QED) is 0.304. The van der Waals surface area contributed by atoms with Crippen LogP contribution in [0, 0.1) is 0 Å². The van der Waals surface area contributed by atoms with Gasteiger partial charge in [0.1, 0.15) is 0 Å². The maximum Gasteiger partial charge on any atom is 0.358 e. The Kier molecular flexibility index (Phi) is 13.0. The number of ether oxygens (including phenoxy) is 1.